The molecule has 0 radical (unpaired) electrons. The van der Waals surface area contributed by atoms with E-state index < -0.39 is 11.0 Å². The largest absolute Gasteiger partial charge is 0.339 e. The van der Waals surface area contributed by atoms with Crippen LogP contribution in [0, 0.1) is 0 Å². The molecule has 0 N–H and O–H groups in total. The Morgan fingerprint density at radius 1 is 1.08 bits per heavy atom. The maximum absolute atomic E-state index is 10.3. The van der Waals surface area contributed by atoms with E-state index >= 15 is 0 Å². The van der Waals surface area contributed by atoms with E-state index in [1.807, 2.05) is 0 Å². The Bertz CT molecular complexity index is 208. The van der Waals surface area contributed by atoms with Crippen LogP contribution in [-0.2, 0) is 9.13 Å². The fourth-order valence-electron chi connectivity index (χ4n) is 0.150. The smallest absolute Gasteiger partial charge is 0.289 e. The van der Waals surface area contributed by atoms with Gasteiger partial charge < -0.3 is 0 Å². The first-order valence-electron chi connectivity index (χ1n) is 2.34. The van der Waals surface area contributed by atoms with Gasteiger partial charge in [-0.3, -0.25) is 9.13 Å². The second kappa shape index (κ2) is 7.01. The minimum Gasteiger partial charge on any atom is -0.289 e. The quantitative estimate of drug-likeness (QED) is 0.487. The Labute approximate surface area is 94.8 Å². The molecule has 0 bridgehead atoms. The van der Waals surface area contributed by atoms with Crippen LogP contribution in [0.25, 0.3) is 0 Å². The van der Waals surface area contributed by atoms with Gasteiger partial charge in [-0.1, -0.05) is 6.08 Å². The monoisotopic (exact) mass is 310 g/mol. The SMILES string of the molecule is C=CCP(=O)(Cl)Cl.O=P(Cl)(Cl)Cl. The summed E-state index contributed by atoms with van der Waals surface area (Å²) in [6, 6.07) is 0. The summed E-state index contributed by atoms with van der Waals surface area (Å²) in [5.41, 5.74) is 0. The van der Waals surface area contributed by atoms with Crippen molar-refractivity contribution in [2.24, 2.45) is 0 Å². The van der Waals surface area contributed by atoms with Crippen molar-refractivity contribution in [1.29, 1.82) is 0 Å². The maximum Gasteiger partial charge on any atom is 0.339 e. The highest BCUT2D eigenvalue weighted by molar-refractivity contribution is 8.24. The van der Waals surface area contributed by atoms with E-state index in [9.17, 15) is 9.13 Å². The van der Waals surface area contributed by atoms with Crippen molar-refractivity contribution in [3.05, 3.63) is 12.7 Å². The van der Waals surface area contributed by atoms with Crippen molar-refractivity contribution in [3.63, 3.8) is 0 Å². The number of allylic oxidation sites excluding steroid dienone is 1. The normalized spacial score (nSPS) is 11.4. The third kappa shape index (κ3) is 41.4. The number of halogens is 5. The average Bonchev–Trinajstić information content (AvgIpc) is 1.54. The van der Waals surface area contributed by atoms with E-state index in [4.69, 9.17) is 22.5 Å². The summed E-state index contributed by atoms with van der Waals surface area (Å²) < 4.78 is 19.8. The zero-order chi connectivity index (χ0) is 10.4. The molecule has 0 aliphatic heterocycles. The van der Waals surface area contributed by atoms with Crippen molar-refractivity contribution in [1.82, 2.24) is 0 Å². The molecule has 0 aromatic rings. The van der Waals surface area contributed by atoms with Gasteiger partial charge in [0, 0.05) is 6.16 Å². The first-order valence-corrected chi connectivity index (χ1v) is 10.5. The molecule has 9 heteroatoms. The molecular formula is C3H5Cl5O2P2. The van der Waals surface area contributed by atoms with Crippen molar-refractivity contribution < 1.29 is 9.13 Å². The second-order valence-electron chi connectivity index (χ2n) is 1.44. The van der Waals surface area contributed by atoms with Crippen LogP contribution in [0.4, 0.5) is 0 Å². The van der Waals surface area contributed by atoms with Gasteiger partial charge in [-0.05, 0) is 56.2 Å². The summed E-state index contributed by atoms with van der Waals surface area (Å²) in [6.45, 7) is 3.30. The van der Waals surface area contributed by atoms with E-state index in [2.05, 4.69) is 40.3 Å². The highest BCUT2D eigenvalue weighted by atomic mass is 36.0. The van der Waals surface area contributed by atoms with Crippen LogP contribution in [0.2, 0.25) is 0 Å². The van der Waals surface area contributed by atoms with Crippen LogP contribution in [0.5, 0.6) is 0 Å². The highest BCUT2D eigenvalue weighted by Gasteiger charge is 2.08. The molecule has 12 heavy (non-hydrogen) atoms. The molecule has 2 nitrogen and oxygen atoms in total. The van der Waals surface area contributed by atoms with E-state index in [1.54, 1.807) is 0 Å². The molecule has 0 saturated carbocycles. The van der Waals surface area contributed by atoms with Crippen LogP contribution in [0.1, 0.15) is 0 Å². The van der Waals surface area contributed by atoms with Crippen molar-refractivity contribution in [2.45, 2.75) is 0 Å². The van der Waals surface area contributed by atoms with Gasteiger partial charge in [-0.15, -0.1) is 6.58 Å². The topological polar surface area (TPSA) is 34.1 Å². The summed E-state index contributed by atoms with van der Waals surface area (Å²) in [4.78, 5) is 0. The molecule has 0 amide bonds. The van der Waals surface area contributed by atoms with Crippen LogP contribution < -0.4 is 0 Å². The van der Waals surface area contributed by atoms with Gasteiger partial charge in [0.2, 0.25) is 0 Å². The van der Waals surface area contributed by atoms with Gasteiger partial charge >= 0.3 is 5.20 Å². The Morgan fingerprint density at radius 2 is 1.33 bits per heavy atom. The zero-order valence-electron chi connectivity index (χ0n) is 5.59. The molecule has 0 aromatic carbocycles. The van der Waals surface area contributed by atoms with Gasteiger partial charge in [-0.25, -0.2) is 0 Å². The average molecular weight is 312 g/mol. The van der Waals surface area contributed by atoms with E-state index in [1.165, 1.54) is 6.08 Å². The fraction of sp³-hybridized carbons (Fsp3) is 0.333. The molecule has 0 fully saturated rings. The standard InChI is InChI=1S/C3H5Cl2OP.Cl3OP/c1-2-3-7(4,5)6;1-5(2,3)4/h2H,1,3H2;. The summed E-state index contributed by atoms with van der Waals surface area (Å²) in [5.74, 6) is -2.84. The third-order valence-electron chi connectivity index (χ3n) is 0.342. The molecule has 0 aromatic heterocycles. The molecule has 0 heterocycles. The minimum atomic E-state index is -3.22. The molecule has 0 unspecified atom stereocenters. The van der Waals surface area contributed by atoms with Gasteiger partial charge in [0.1, 0.15) is 0 Å². The lowest BCUT2D eigenvalue weighted by Gasteiger charge is -1.90. The Kier molecular flexibility index (Phi) is 9.40. The number of rotatable bonds is 2. The zero-order valence-corrected chi connectivity index (χ0v) is 11.2. The maximum atomic E-state index is 10.3. The lowest BCUT2D eigenvalue weighted by atomic mass is 10.8. The summed E-state index contributed by atoms with van der Waals surface area (Å²) >= 11 is 24.0. The number of hydrogen-bond acceptors (Lipinski definition) is 2. The lowest BCUT2D eigenvalue weighted by molar-refractivity contribution is 0.594. The number of hydrogen-bond donors (Lipinski definition) is 0. The highest BCUT2D eigenvalue weighted by Crippen LogP contribution is 2.61. The molecule has 0 saturated heterocycles. The summed E-state index contributed by atoms with van der Waals surface area (Å²) in [5, 5.41) is -3.22. The van der Waals surface area contributed by atoms with E-state index in [0.29, 0.717) is 0 Å². The summed E-state index contributed by atoms with van der Waals surface area (Å²) in [6.07, 6.45) is 1.62. The molecule has 74 valence electrons. The van der Waals surface area contributed by atoms with E-state index in [0.717, 1.165) is 0 Å². The van der Waals surface area contributed by atoms with Gasteiger partial charge in [0.15, 0.2) is 0 Å². The molecular weight excluding hydrogens is 307 g/mol. The summed E-state index contributed by atoms with van der Waals surface area (Å²) in [7, 11) is 0. The van der Waals surface area contributed by atoms with Crippen LogP contribution >= 0.6 is 67.3 Å². The van der Waals surface area contributed by atoms with Crippen molar-refractivity contribution in [3.8, 4) is 0 Å². The fourth-order valence-corrected chi connectivity index (χ4v) is 1.04. The molecule has 0 atom stereocenters. The second-order valence-corrected chi connectivity index (χ2v) is 13.4. The Morgan fingerprint density at radius 3 is 1.33 bits per heavy atom. The first-order chi connectivity index (χ1) is 5.06. The van der Waals surface area contributed by atoms with Crippen molar-refractivity contribution in [2.75, 3.05) is 6.16 Å². The van der Waals surface area contributed by atoms with Gasteiger partial charge in [0.25, 0.3) is 5.85 Å². The Hall–Kier alpha value is 1.65. The predicted octanol–water partition coefficient (Wildman–Crippen LogP) is 5.65. The van der Waals surface area contributed by atoms with Crippen LogP contribution in [-0.4, -0.2) is 6.16 Å². The van der Waals surface area contributed by atoms with Crippen molar-refractivity contribution >= 4 is 67.3 Å². The minimum absolute atomic E-state index is 0.191. The molecule has 0 rings (SSSR count). The third-order valence-corrected chi connectivity index (χ3v) is 1.85. The van der Waals surface area contributed by atoms with Gasteiger partial charge in [-0.2, -0.15) is 0 Å². The molecule has 0 spiro atoms. The molecule has 0 aliphatic carbocycles. The lowest BCUT2D eigenvalue weighted by Crippen LogP contribution is -1.63. The predicted molar refractivity (Wildman–Crippen MR) is 59.5 cm³/mol. The first kappa shape index (κ1) is 16.1. The van der Waals surface area contributed by atoms with Crippen LogP contribution in [0.3, 0.4) is 0 Å². The van der Waals surface area contributed by atoms with E-state index in [-0.39, 0.29) is 6.16 Å². The van der Waals surface area contributed by atoms with Gasteiger partial charge in [0.05, 0.1) is 0 Å². The Balaban J connectivity index is 0. The van der Waals surface area contributed by atoms with Crippen LogP contribution in [0.15, 0.2) is 12.7 Å². The molecule has 0 aliphatic rings.